The predicted molar refractivity (Wildman–Crippen MR) is 123 cm³/mol. The lowest BCUT2D eigenvalue weighted by Crippen LogP contribution is -2.44. The van der Waals surface area contributed by atoms with Crippen molar-refractivity contribution in [2.24, 2.45) is 0 Å². The van der Waals surface area contributed by atoms with Crippen molar-refractivity contribution in [3.8, 4) is 11.5 Å². The van der Waals surface area contributed by atoms with Crippen molar-refractivity contribution in [2.45, 2.75) is 46.7 Å². The second kappa shape index (κ2) is 10.2. The molecule has 6 heteroatoms. The van der Waals surface area contributed by atoms with E-state index in [2.05, 4.69) is 4.98 Å². The van der Waals surface area contributed by atoms with Gasteiger partial charge in [-0.25, -0.2) is 4.98 Å². The van der Waals surface area contributed by atoms with E-state index in [1.54, 1.807) is 0 Å². The highest BCUT2D eigenvalue weighted by molar-refractivity contribution is 5.79. The summed E-state index contributed by atoms with van der Waals surface area (Å²) in [7, 11) is 0. The molecule has 164 valence electrons. The minimum atomic E-state index is -0.0487. The Morgan fingerprint density at radius 1 is 1.03 bits per heavy atom. The van der Waals surface area contributed by atoms with E-state index in [9.17, 15) is 4.79 Å². The Morgan fingerprint density at radius 2 is 1.77 bits per heavy atom. The minimum Gasteiger partial charge on any atom is -0.490 e. The molecule has 0 unspecified atom stereocenters. The molecule has 1 amide bonds. The molecule has 0 saturated carbocycles. The largest absolute Gasteiger partial charge is 0.490 e. The van der Waals surface area contributed by atoms with E-state index in [0.29, 0.717) is 24.0 Å². The molecule has 0 aliphatic carbocycles. The van der Waals surface area contributed by atoms with Gasteiger partial charge >= 0.3 is 0 Å². The third-order valence-corrected chi connectivity index (χ3v) is 4.75. The lowest BCUT2D eigenvalue weighted by molar-refractivity contribution is -0.137. The Labute approximate surface area is 183 Å². The van der Waals surface area contributed by atoms with Crippen LogP contribution in [0.1, 0.15) is 46.1 Å². The van der Waals surface area contributed by atoms with Crippen LogP contribution in [0.15, 0.2) is 46.9 Å². The summed E-state index contributed by atoms with van der Waals surface area (Å²) >= 11 is 0. The van der Waals surface area contributed by atoms with E-state index < -0.39 is 0 Å². The molecule has 0 N–H and O–H groups in total. The minimum absolute atomic E-state index is 0.0332. The number of ether oxygens (including phenoxy) is 2. The van der Waals surface area contributed by atoms with Crippen LogP contribution in [-0.4, -0.2) is 41.1 Å². The van der Waals surface area contributed by atoms with Crippen molar-refractivity contribution < 1.29 is 18.7 Å². The smallest absolute Gasteiger partial charge is 0.260 e. The zero-order valence-corrected chi connectivity index (χ0v) is 18.8. The monoisotopic (exact) mass is 422 g/mol. The van der Waals surface area contributed by atoms with Gasteiger partial charge < -0.3 is 18.8 Å². The summed E-state index contributed by atoms with van der Waals surface area (Å²) < 4.78 is 17.3. The molecule has 0 bridgehead atoms. The molecular weight excluding hydrogens is 392 g/mol. The fourth-order valence-corrected chi connectivity index (χ4v) is 3.53. The summed E-state index contributed by atoms with van der Waals surface area (Å²) in [6.45, 7) is 10.4. The summed E-state index contributed by atoms with van der Waals surface area (Å²) in [5.41, 5.74) is 2.49. The number of rotatable bonds is 9. The quantitative estimate of drug-likeness (QED) is 0.461. The van der Waals surface area contributed by atoms with E-state index in [1.807, 2.05) is 94.1 Å². The third kappa shape index (κ3) is 5.66. The van der Waals surface area contributed by atoms with Crippen molar-refractivity contribution in [1.82, 2.24) is 9.88 Å². The zero-order valence-electron chi connectivity index (χ0n) is 18.8. The van der Waals surface area contributed by atoms with Gasteiger partial charge in [0.2, 0.25) is 5.89 Å². The summed E-state index contributed by atoms with van der Waals surface area (Å²) in [6.07, 6.45) is 3.72. The van der Waals surface area contributed by atoms with Gasteiger partial charge in [-0.1, -0.05) is 18.2 Å². The van der Waals surface area contributed by atoms with Crippen molar-refractivity contribution in [3.63, 3.8) is 0 Å². The van der Waals surface area contributed by atoms with Crippen LogP contribution in [0, 0.1) is 0 Å². The van der Waals surface area contributed by atoms with Gasteiger partial charge in [-0.15, -0.1) is 0 Å². The predicted octanol–water partition coefficient (Wildman–Crippen LogP) is 5.42. The Balaban J connectivity index is 1.73. The first-order valence-corrected chi connectivity index (χ1v) is 10.6. The number of aromatic nitrogens is 1. The Kier molecular flexibility index (Phi) is 7.34. The average molecular weight is 423 g/mol. The van der Waals surface area contributed by atoms with E-state index in [0.717, 1.165) is 16.7 Å². The molecule has 0 atom stereocenters. The molecule has 0 aliphatic heterocycles. The molecule has 31 heavy (non-hydrogen) atoms. The summed E-state index contributed by atoms with van der Waals surface area (Å²) in [5.74, 6) is 1.62. The van der Waals surface area contributed by atoms with E-state index in [-0.39, 0.29) is 24.6 Å². The highest BCUT2D eigenvalue weighted by Gasteiger charge is 2.21. The first kappa shape index (κ1) is 22.4. The standard InChI is InChI=1S/C25H30N2O4/c1-6-29-23-15-19(12-14-24-26-20-9-7-8-10-21(20)31-24)11-13-22(23)30-16-25(28)27(17(2)3)18(4)5/h7-15,17-18H,6,16H2,1-5H3/b14-12+. The van der Waals surface area contributed by atoms with Crippen molar-refractivity contribution in [2.75, 3.05) is 13.2 Å². The molecule has 0 spiro atoms. The van der Waals surface area contributed by atoms with Crippen LogP contribution in [0.4, 0.5) is 0 Å². The number of hydrogen-bond acceptors (Lipinski definition) is 5. The first-order valence-electron chi connectivity index (χ1n) is 10.6. The Bertz CT molecular complexity index is 1010. The molecule has 2 aromatic carbocycles. The van der Waals surface area contributed by atoms with Crippen LogP contribution in [-0.2, 0) is 4.79 Å². The lowest BCUT2D eigenvalue weighted by atomic mass is 10.2. The van der Waals surface area contributed by atoms with Gasteiger partial charge in [-0.2, -0.15) is 0 Å². The van der Waals surface area contributed by atoms with Crippen LogP contribution < -0.4 is 9.47 Å². The van der Waals surface area contributed by atoms with Gasteiger partial charge in [-0.3, -0.25) is 4.79 Å². The van der Waals surface area contributed by atoms with Crippen molar-refractivity contribution in [3.05, 3.63) is 53.9 Å². The van der Waals surface area contributed by atoms with E-state index in [1.165, 1.54) is 0 Å². The molecule has 1 aromatic heterocycles. The van der Waals surface area contributed by atoms with Crippen LogP contribution in [0.2, 0.25) is 0 Å². The molecule has 3 rings (SSSR count). The van der Waals surface area contributed by atoms with Gasteiger partial charge in [0, 0.05) is 18.2 Å². The van der Waals surface area contributed by atoms with Crippen molar-refractivity contribution >= 4 is 29.2 Å². The van der Waals surface area contributed by atoms with Gasteiger partial charge in [0.1, 0.15) is 5.52 Å². The molecule has 0 fully saturated rings. The number of nitrogens with zero attached hydrogens (tertiary/aromatic N) is 2. The average Bonchev–Trinajstić information content (AvgIpc) is 3.14. The SMILES string of the molecule is CCOc1cc(/C=C/c2nc3ccccc3o2)ccc1OCC(=O)N(C(C)C)C(C)C. The number of benzene rings is 2. The molecule has 0 saturated heterocycles. The van der Waals surface area contributed by atoms with Crippen LogP contribution in [0.25, 0.3) is 23.3 Å². The van der Waals surface area contributed by atoms with Gasteiger partial charge in [0.25, 0.3) is 5.91 Å². The summed E-state index contributed by atoms with van der Waals surface area (Å²) in [6, 6.07) is 13.5. The number of oxazole rings is 1. The first-order chi connectivity index (χ1) is 14.9. The Hall–Kier alpha value is -3.28. The maximum atomic E-state index is 12.6. The number of amides is 1. The fourth-order valence-electron chi connectivity index (χ4n) is 3.53. The zero-order chi connectivity index (χ0) is 22.4. The van der Waals surface area contributed by atoms with E-state index in [4.69, 9.17) is 13.9 Å². The Morgan fingerprint density at radius 3 is 2.45 bits per heavy atom. The number of para-hydroxylation sites is 2. The highest BCUT2D eigenvalue weighted by Crippen LogP contribution is 2.29. The maximum absolute atomic E-state index is 12.6. The summed E-state index contributed by atoms with van der Waals surface area (Å²) in [4.78, 5) is 18.9. The van der Waals surface area contributed by atoms with Gasteiger partial charge in [0.15, 0.2) is 23.7 Å². The number of carbonyl (C=O) groups is 1. The van der Waals surface area contributed by atoms with Crippen LogP contribution >= 0.6 is 0 Å². The highest BCUT2D eigenvalue weighted by atomic mass is 16.5. The summed E-state index contributed by atoms with van der Waals surface area (Å²) in [5, 5.41) is 0. The second-order valence-corrected chi connectivity index (χ2v) is 7.77. The number of hydrogen-bond donors (Lipinski definition) is 0. The van der Waals surface area contributed by atoms with E-state index >= 15 is 0 Å². The lowest BCUT2D eigenvalue weighted by Gasteiger charge is -2.30. The number of carbonyl (C=O) groups excluding carboxylic acids is 1. The normalized spacial score (nSPS) is 11.6. The topological polar surface area (TPSA) is 64.8 Å². The molecular formula is C25H30N2O4. The molecule has 6 nitrogen and oxygen atoms in total. The maximum Gasteiger partial charge on any atom is 0.260 e. The number of fused-ring (bicyclic) bond motifs is 1. The third-order valence-electron chi connectivity index (χ3n) is 4.75. The molecule has 0 aliphatic rings. The molecule has 1 heterocycles. The van der Waals surface area contributed by atoms with Gasteiger partial charge in [0.05, 0.1) is 6.61 Å². The van der Waals surface area contributed by atoms with Gasteiger partial charge in [-0.05, 0) is 70.5 Å². The van der Waals surface area contributed by atoms with Crippen molar-refractivity contribution in [1.29, 1.82) is 0 Å². The fraction of sp³-hybridized carbons (Fsp3) is 0.360. The molecule has 0 radical (unpaired) electrons. The van der Waals surface area contributed by atoms with Crippen LogP contribution in [0.3, 0.4) is 0 Å². The second-order valence-electron chi connectivity index (χ2n) is 7.77. The molecule has 3 aromatic rings. The van der Waals surface area contributed by atoms with Crippen LogP contribution in [0.5, 0.6) is 11.5 Å².